The number of methoxy groups -OCH3 is 2. The minimum Gasteiger partial charge on any atom is -0.385 e. The number of aliphatic hydroxyl groups excluding tert-OH is 1. The maximum Gasteiger partial charge on any atom is 0.221 e. The quantitative estimate of drug-likeness (QED) is 0.751. The summed E-state index contributed by atoms with van der Waals surface area (Å²) in [6.07, 6.45) is 1.62. The predicted molar refractivity (Wildman–Crippen MR) is 60.7 cm³/mol. The Morgan fingerprint density at radius 1 is 1.33 bits per heavy atom. The van der Waals surface area contributed by atoms with Crippen LogP contribution in [0.2, 0.25) is 0 Å². The van der Waals surface area contributed by atoms with Crippen LogP contribution < -0.4 is 0 Å². The number of hydrogen-bond acceptors (Lipinski definition) is 6. The summed E-state index contributed by atoms with van der Waals surface area (Å²) in [5, 5.41) is 9.94. The molecule has 4 atom stereocenters. The first kappa shape index (κ1) is 13.6. The van der Waals surface area contributed by atoms with Gasteiger partial charge in [0.25, 0.3) is 0 Å². The van der Waals surface area contributed by atoms with Gasteiger partial charge < -0.3 is 24.1 Å². The molecule has 0 unspecified atom stereocenters. The zero-order chi connectivity index (χ0) is 13.6. The van der Waals surface area contributed by atoms with Gasteiger partial charge >= 0.3 is 0 Å². The molecule has 0 bridgehead atoms. The highest BCUT2D eigenvalue weighted by atomic mass is 16.8. The van der Waals surface area contributed by atoms with Crippen molar-refractivity contribution >= 4 is 5.78 Å². The highest BCUT2D eigenvalue weighted by Crippen LogP contribution is 2.43. The summed E-state index contributed by atoms with van der Waals surface area (Å²) in [7, 11) is 2.89. The number of hydrogen-bond donors (Lipinski definition) is 1. The highest BCUT2D eigenvalue weighted by Gasteiger charge is 2.63. The van der Waals surface area contributed by atoms with E-state index in [1.54, 1.807) is 13.8 Å². The maximum absolute atomic E-state index is 11.9. The van der Waals surface area contributed by atoms with E-state index in [1.807, 2.05) is 0 Å². The van der Waals surface area contributed by atoms with Crippen LogP contribution in [0.5, 0.6) is 0 Å². The molecule has 1 N–H and O–H groups in total. The van der Waals surface area contributed by atoms with Crippen molar-refractivity contribution in [2.75, 3.05) is 20.8 Å². The SMILES string of the molecule is CO[C@]1(C)OC[C@]2(O[C@@]1(C)OC)C(=O)C=C[C@@H]2O. The highest BCUT2D eigenvalue weighted by molar-refractivity contribution is 6.01. The number of carbonyl (C=O) groups is 1. The van der Waals surface area contributed by atoms with Crippen molar-refractivity contribution in [1.29, 1.82) is 0 Å². The third-order valence-corrected chi connectivity index (χ3v) is 3.87. The molecule has 0 aromatic heterocycles. The Kier molecular flexibility index (Phi) is 3.11. The molecule has 0 amide bonds. The van der Waals surface area contributed by atoms with E-state index >= 15 is 0 Å². The lowest BCUT2D eigenvalue weighted by Gasteiger charge is -2.52. The van der Waals surface area contributed by atoms with Gasteiger partial charge in [0, 0.05) is 14.2 Å². The Balaban J connectivity index is 2.36. The van der Waals surface area contributed by atoms with E-state index in [2.05, 4.69) is 0 Å². The maximum atomic E-state index is 11.9. The third-order valence-electron chi connectivity index (χ3n) is 3.87. The van der Waals surface area contributed by atoms with E-state index in [0.29, 0.717) is 0 Å². The summed E-state index contributed by atoms with van der Waals surface area (Å²) in [5.41, 5.74) is -1.44. The predicted octanol–water partition coefficient (Wildman–Crippen LogP) is -0.00300. The number of aliphatic hydroxyl groups is 1. The fourth-order valence-electron chi connectivity index (χ4n) is 2.21. The first-order chi connectivity index (χ1) is 8.33. The second-order valence-electron chi connectivity index (χ2n) is 4.75. The molecular weight excluding hydrogens is 240 g/mol. The van der Waals surface area contributed by atoms with Crippen LogP contribution in [0.25, 0.3) is 0 Å². The molecule has 2 aliphatic rings. The van der Waals surface area contributed by atoms with Crippen LogP contribution in [0.3, 0.4) is 0 Å². The summed E-state index contributed by atoms with van der Waals surface area (Å²) in [4.78, 5) is 11.9. The van der Waals surface area contributed by atoms with Crippen molar-refractivity contribution in [3.05, 3.63) is 12.2 Å². The molecule has 0 saturated carbocycles. The summed E-state index contributed by atoms with van der Waals surface area (Å²) in [6, 6.07) is 0. The number of rotatable bonds is 2. The van der Waals surface area contributed by atoms with E-state index in [4.69, 9.17) is 18.9 Å². The molecular formula is C12H18O6. The lowest BCUT2D eigenvalue weighted by molar-refractivity contribution is -0.448. The molecule has 0 radical (unpaired) electrons. The lowest BCUT2D eigenvalue weighted by atomic mass is 9.94. The molecule has 0 aromatic rings. The van der Waals surface area contributed by atoms with Crippen molar-refractivity contribution in [2.45, 2.75) is 37.1 Å². The Hall–Kier alpha value is -0.790. The number of ether oxygens (including phenoxy) is 4. The van der Waals surface area contributed by atoms with E-state index in [1.165, 1.54) is 26.4 Å². The first-order valence-electron chi connectivity index (χ1n) is 5.69. The monoisotopic (exact) mass is 258 g/mol. The average molecular weight is 258 g/mol. The van der Waals surface area contributed by atoms with Crippen LogP contribution in [0.4, 0.5) is 0 Å². The van der Waals surface area contributed by atoms with Gasteiger partial charge in [0.05, 0.1) is 6.61 Å². The van der Waals surface area contributed by atoms with Crippen LogP contribution in [0, 0.1) is 0 Å². The van der Waals surface area contributed by atoms with Crippen LogP contribution in [0.15, 0.2) is 12.2 Å². The van der Waals surface area contributed by atoms with Crippen molar-refractivity contribution in [1.82, 2.24) is 0 Å². The summed E-state index contributed by atoms with van der Waals surface area (Å²) >= 11 is 0. The molecule has 18 heavy (non-hydrogen) atoms. The van der Waals surface area contributed by atoms with E-state index in [-0.39, 0.29) is 12.4 Å². The third kappa shape index (κ3) is 1.57. The van der Waals surface area contributed by atoms with Gasteiger partial charge in [-0.05, 0) is 26.0 Å². The zero-order valence-electron chi connectivity index (χ0n) is 10.9. The van der Waals surface area contributed by atoms with Crippen LogP contribution in [-0.4, -0.2) is 55.0 Å². The van der Waals surface area contributed by atoms with Crippen molar-refractivity contribution in [3.63, 3.8) is 0 Å². The molecule has 2 rings (SSSR count). The molecule has 102 valence electrons. The van der Waals surface area contributed by atoms with E-state index < -0.39 is 23.3 Å². The minimum absolute atomic E-state index is 0.0940. The topological polar surface area (TPSA) is 74.2 Å². The minimum atomic E-state index is -1.44. The normalized spacial score (nSPS) is 48.1. The molecule has 1 heterocycles. The van der Waals surface area contributed by atoms with Crippen LogP contribution in [0.1, 0.15) is 13.8 Å². The van der Waals surface area contributed by atoms with E-state index in [9.17, 15) is 9.90 Å². The molecule has 1 saturated heterocycles. The van der Waals surface area contributed by atoms with Crippen molar-refractivity contribution < 1.29 is 28.8 Å². The van der Waals surface area contributed by atoms with Gasteiger partial charge in [0.15, 0.2) is 11.4 Å². The van der Waals surface area contributed by atoms with Gasteiger partial charge in [-0.3, -0.25) is 4.79 Å². The second kappa shape index (κ2) is 4.11. The molecule has 6 nitrogen and oxygen atoms in total. The lowest BCUT2D eigenvalue weighted by Crippen LogP contribution is -2.70. The van der Waals surface area contributed by atoms with Crippen molar-refractivity contribution in [2.24, 2.45) is 0 Å². The molecule has 1 spiro atoms. The van der Waals surface area contributed by atoms with Crippen LogP contribution >= 0.6 is 0 Å². The fourth-order valence-corrected chi connectivity index (χ4v) is 2.21. The fraction of sp³-hybridized carbons (Fsp3) is 0.750. The average Bonchev–Trinajstić information content (AvgIpc) is 2.63. The standard InChI is InChI=1S/C12H18O6/c1-10(15-3)11(2,16-4)18-12(7-17-10)8(13)5-6-9(12)14/h5-6,8,13H,7H2,1-4H3/t8-,10+,11+,12+/m0/s1. The second-order valence-corrected chi connectivity index (χ2v) is 4.75. The Labute approximate surface area is 105 Å². The van der Waals surface area contributed by atoms with Gasteiger partial charge in [0.2, 0.25) is 11.6 Å². The zero-order valence-corrected chi connectivity index (χ0v) is 10.9. The largest absolute Gasteiger partial charge is 0.385 e. The number of carbonyl (C=O) groups excluding carboxylic acids is 1. The molecule has 1 aliphatic heterocycles. The molecule has 1 aliphatic carbocycles. The van der Waals surface area contributed by atoms with Gasteiger partial charge in [-0.25, -0.2) is 0 Å². The van der Waals surface area contributed by atoms with Gasteiger partial charge in [-0.1, -0.05) is 0 Å². The van der Waals surface area contributed by atoms with Gasteiger partial charge in [-0.2, -0.15) is 0 Å². The Bertz CT molecular complexity index is 394. The molecule has 0 aromatic carbocycles. The van der Waals surface area contributed by atoms with E-state index in [0.717, 1.165) is 0 Å². The van der Waals surface area contributed by atoms with Crippen LogP contribution in [-0.2, 0) is 23.7 Å². The smallest absolute Gasteiger partial charge is 0.221 e. The summed E-state index contributed by atoms with van der Waals surface area (Å²) < 4.78 is 22.0. The Morgan fingerprint density at radius 3 is 2.39 bits per heavy atom. The van der Waals surface area contributed by atoms with Gasteiger partial charge in [0.1, 0.15) is 6.10 Å². The van der Waals surface area contributed by atoms with Gasteiger partial charge in [-0.15, -0.1) is 0 Å². The Morgan fingerprint density at radius 2 is 1.94 bits per heavy atom. The summed E-state index contributed by atoms with van der Waals surface area (Å²) in [6.45, 7) is 3.17. The molecule has 1 fully saturated rings. The number of ketones is 1. The first-order valence-corrected chi connectivity index (χ1v) is 5.69. The van der Waals surface area contributed by atoms with Crippen molar-refractivity contribution in [3.8, 4) is 0 Å². The molecule has 6 heteroatoms. The summed E-state index contributed by atoms with van der Waals surface area (Å²) in [5.74, 6) is -2.80.